The van der Waals surface area contributed by atoms with Gasteiger partial charge in [-0.3, -0.25) is 9.59 Å². The molecule has 0 spiro atoms. The topological polar surface area (TPSA) is 61.4 Å². The van der Waals surface area contributed by atoms with Gasteiger partial charge in [0.1, 0.15) is 6.04 Å². The molecule has 1 aliphatic carbocycles. The Morgan fingerprint density at radius 1 is 1.15 bits per heavy atom. The van der Waals surface area contributed by atoms with Crippen LogP contribution in [-0.4, -0.2) is 39.4 Å². The first kappa shape index (κ1) is 17.7. The molecule has 2 N–H and O–H groups in total. The highest BCUT2D eigenvalue weighted by Gasteiger charge is 2.52. The molecule has 1 aromatic carbocycles. The lowest BCUT2D eigenvalue weighted by Crippen LogP contribution is -2.48. The number of fused-ring (bicyclic) bond motifs is 1. The maximum Gasteiger partial charge on any atom is 0.248 e. The number of hydrogen-bond acceptors (Lipinski definition) is 4. The van der Waals surface area contributed by atoms with E-state index >= 15 is 0 Å². The van der Waals surface area contributed by atoms with E-state index in [-0.39, 0.29) is 22.7 Å². The van der Waals surface area contributed by atoms with Gasteiger partial charge in [-0.25, -0.2) is 0 Å². The zero-order valence-electron chi connectivity index (χ0n) is 15.3. The van der Waals surface area contributed by atoms with Crippen LogP contribution in [0.3, 0.4) is 0 Å². The molecule has 140 valence electrons. The van der Waals surface area contributed by atoms with Crippen molar-refractivity contribution in [3.05, 3.63) is 24.3 Å². The van der Waals surface area contributed by atoms with Gasteiger partial charge >= 0.3 is 0 Å². The summed E-state index contributed by atoms with van der Waals surface area (Å²) < 4.78 is 0. The molecule has 26 heavy (non-hydrogen) atoms. The summed E-state index contributed by atoms with van der Waals surface area (Å²) in [5.74, 6) is 0.698. The Labute approximate surface area is 159 Å². The Morgan fingerprint density at radius 3 is 2.58 bits per heavy atom. The molecule has 2 amide bonds. The van der Waals surface area contributed by atoms with Crippen molar-refractivity contribution in [1.82, 2.24) is 4.90 Å². The van der Waals surface area contributed by atoms with E-state index < -0.39 is 0 Å². The van der Waals surface area contributed by atoms with E-state index in [0.717, 1.165) is 17.8 Å². The molecule has 2 aliphatic heterocycles. The summed E-state index contributed by atoms with van der Waals surface area (Å²) in [6.45, 7) is 2.07. The molecule has 3 fully saturated rings. The first-order valence-electron chi connectivity index (χ1n) is 9.69. The zero-order valence-corrected chi connectivity index (χ0v) is 16.1. The average Bonchev–Trinajstić information content (AvgIpc) is 3.14. The summed E-state index contributed by atoms with van der Waals surface area (Å²) >= 11 is 1.72. The Hall–Kier alpha value is -1.69. The van der Waals surface area contributed by atoms with Gasteiger partial charge in [0.25, 0.3) is 0 Å². The highest BCUT2D eigenvalue weighted by atomic mass is 32.2. The van der Waals surface area contributed by atoms with Gasteiger partial charge in [-0.1, -0.05) is 19.3 Å². The number of hydrogen-bond donors (Lipinski definition) is 2. The summed E-state index contributed by atoms with van der Waals surface area (Å²) in [4.78, 5) is 26.5. The third-order valence-corrected chi connectivity index (χ3v) is 7.38. The molecular weight excluding hydrogens is 346 g/mol. The minimum atomic E-state index is -0.361. The van der Waals surface area contributed by atoms with E-state index in [1.165, 1.54) is 32.1 Å². The number of thioether (sulfide) groups is 1. The molecule has 3 aliphatic rings. The molecule has 1 aromatic rings. The molecule has 0 bridgehead atoms. The lowest BCUT2D eigenvalue weighted by atomic mass is 9.95. The highest BCUT2D eigenvalue weighted by molar-refractivity contribution is 8.01. The molecule has 1 saturated carbocycles. The first-order chi connectivity index (χ1) is 12.5. The maximum atomic E-state index is 12.7. The highest BCUT2D eigenvalue weighted by Crippen LogP contribution is 2.47. The van der Waals surface area contributed by atoms with E-state index in [2.05, 4.69) is 17.6 Å². The number of nitrogens with zero attached hydrogens (tertiary/aromatic N) is 1. The standard InChI is InChI=1S/C20H27N3O2S/c1-20-12-11-18(24)23(20)17(13-26-20)19(25)22-16-9-7-15(8-10-16)21-14-5-3-2-4-6-14/h7-10,14,17,21H,2-6,11-13H2,1H3,(H,22,25)/t17-,20+/m0/s1. The second kappa shape index (κ2) is 7.14. The van der Waals surface area contributed by atoms with Crippen LogP contribution in [0.2, 0.25) is 0 Å². The third kappa shape index (κ3) is 3.43. The number of carbonyl (C=O) groups is 2. The molecule has 0 aromatic heterocycles. The van der Waals surface area contributed by atoms with Crippen LogP contribution in [0.4, 0.5) is 11.4 Å². The van der Waals surface area contributed by atoms with E-state index in [4.69, 9.17) is 0 Å². The minimum Gasteiger partial charge on any atom is -0.382 e. The quantitative estimate of drug-likeness (QED) is 0.842. The third-order valence-electron chi connectivity index (χ3n) is 5.88. The molecule has 6 heteroatoms. The summed E-state index contributed by atoms with van der Waals surface area (Å²) in [6, 6.07) is 8.14. The van der Waals surface area contributed by atoms with Gasteiger partial charge < -0.3 is 15.5 Å². The van der Waals surface area contributed by atoms with E-state index in [1.54, 1.807) is 16.7 Å². The number of nitrogens with one attached hydrogen (secondary N) is 2. The van der Waals surface area contributed by atoms with Crippen molar-refractivity contribution >= 4 is 35.0 Å². The van der Waals surface area contributed by atoms with Crippen LogP contribution in [0.15, 0.2) is 24.3 Å². The van der Waals surface area contributed by atoms with E-state index in [9.17, 15) is 9.59 Å². The summed E-state index contributed by atoms with van der Waals surface area (Å²) in [5, 5.41) is 6.58. The van der Waals surface area contributed by atoms with Gasteiger partial charge in [-0.05, 0) is 50.5 Å². The Kier molecular flexibility index (Phi) is 4.86. The summed E-state index contributed by atoms with van der Waals surface area (Å²) in [6.07, 6.45) is 7.82. The Bertz CT molecular complexity index is 687. The van der Waals surface area contributed by atoms with Crippen molar-refractivity contribution < 1.29 is 9.59 Å². The van der Waals surface area contributed by atoms with Crippen LogP contribution in [0, 0.1) is 0 Å². The predicted molar refractivity (Wildman–Crippen MR) is 106 cm³/mol. The Morgan fingerprint density at radius 2 is 1.85 bits per heavy atom. The van der Waals surface area contributed by atoms with Gasteiger partial charge in [-0.15, -0.1) is 11.8 Å². The van der Waals surface area contributed by atoms with Crippen LogP contribution < -0.4 is 10.6 Å². The smallest absolute Gasteiger partial charge is 0.248 e. The second-order valence-electron chi connectivity index (χ2n) is 7.81. The molecule has 2 saturated heterocycles. The lowest BCUT2D eigenvalue weighted by Gasteiger charge is -2.29. The van der Waals surface area contributed by atoms with Gasteiger partial charge in [-0.2, -0.15) is 0 Å². The Balaban J connectivity index is 1.36. The fraction of sp³-hybridized carbons (Fsp3) is 0.600. The summed E-state index contributed by atoms with van der Waals surface area (Å²) in [5.41, 5.74) is 1.89. The lowest BCUT2D eigenvalue weighted by molar-refractivity contribution is -0.135. The van der Waals surface area contributed by atoms with Crippen LogP contribution in [0.25, 0.3) is 0 Å². The fourth-order valence-electron chi connectivity index (χ4n) is 4.37. The largest absolute Gasteiger partial charge is 0.382 e. The van der Waals surface area contributed by atoms with E-state index in [1.807, 2.05) is 24.3 Å². The molecule has 0 unspecified atom stereocenters. The van der Waals surface area contributed by atoms with Gasteiger partial charge in [0.2, 0.25) is 11.8 Å². The van der Waals surface area contributed by atoms with Gasteiger partial charge in [0.05, 0.1) is 4.87 Å². The molecule has 4 rings (SSSR count). The van der Waals surface area contributed by atoms with Gasteiger partial charge in [0.15, 0.2) is 0 Å². The van der Waals surface area contributed by atoms with Crippen LogP contribution in [0.1, 0.15) is 51.9 Å². The first-order valence-corrected chi connectivity index (χ1v) is 10.7. The van der Waals surface area contributed by atoms with Crippen LogP contribution in [0.5, 0.6) is 0 Å². The van der Waals surface area contributed by atoms with Crippen molar-refractivity contribution in [3.8, 4) is 0 Å². The van der Waals surface area contributed by atoms with Crippen LogP contribution in [-0.2, 0) is 9.59 Å². The zero-order chi connectivity index (χ0) is 18.1. The number of benzene rings is 1. The molecule has 5 nitrogen and oxygen atoms in total. The van der Waals surface area contributed by atoms with E-state index in [0.29, 0.717) is 18.2 Å². The van der Waals surface area contributed by atoms with Crippen LogP contribution >= 0.6 is 11.8 Å². The predicted octanol–water partition coefficient (Wildman–Crippen LogP) is 3.82. The van der Waals surface area contributed by atoms with Crippen molar-refractivity contribution in [3.63, 3.8) is 0 Å². The molecule has 2 atom stereocenters. The molecule has 0 radical (unpaired) electrons. The monoisotopic (exact) mass is 373 g/mol. The fourth-order valence-corrected chi connectivity index (χ4v) is 5.80. The van der Waals surface area contributed by atoms with Crippen molar-refractivity contribution in [2.45, 2.75) is 68.8 Å². The number of rotatable bonds is 4. The maximum absolute atomic E-state index is 12.7. The van der Waals surface area contributed by atoms with Crippen molar-refractivity contribution in [1.29, 1.82) is 0 Å². The van der Waals surface area contributed by atoms with Crippen molar-refractivity contribution in [2.24, 2.45) is 0 Å². The second-order valence-corrected chi connectivity index (χ2v) is 9.31. The number of amides is 2. The van der Waals surface area contributed by atoms with Crippen molar-refractivity contribution in [2.75, 3.05) is 16.4 Å². The number of anilines is 2. The molecular formula is C20H27N3O2S. The summed E-state index contributed by atoms with van der Waals surface area (Å²) in [7, 11) is 0. The normalized spacial score (nSPS) is 28.9. The molecule has 2 heterocycles. The SMILES string of the molecule is C[C@@]12CCC(=O)N1[C@H](C(=O)Nc1ccc(NC3CCCCC3)cc1)CS2. The van der Waals surface area contributed by atoms with Gasteiger partial charge in [0, 0.05) is 29.6 Å². The number of carbonyl (C=O) groups excluding carboxylic acids is 2. The minimum absolute atomic E-state index is 0.0792. The average molecular weight is 374 g/mol.